The summed E-state index contributed by atoms with van der Waals surface area (Å²) < 4.78 is 6.20. The van der Waals surface area contributed by atoms with Crippen molar-refractivity contribution in [3.8, 4) is 5.75 Å². The predicted octanol–water partition coefficient (Wildman–Crippen LogP) is 5.85. The minimum Gasteiger partial charge on any atom is -0.489 e. The smallest absolute Gasteiger partial charge is 0.323 e. The summed E-state index contributed by atoms with van der Waals surface area (Å²) in [5, 5.41) is 6.45. The number of aromatic amines is 2. The fourth-order valence-electron chi connectivity index (χ4n) is 3.75. The number of ether oxygens (including phenoxy) is 1. The molecule has 0 amide bonds. The Bertz CT molecular complexity index is 1440. The Kier molecular flexibility index (Phi) is 5.10. The predicted molar refractivity (Wildman–Crippen MR) is 126 cm³/mol. The van der Waals surface area contributed by atoms with Gasteiger partial charge in [-0.05, 0) is 52.7 Å². The van der Waals surface area contributed by atoms with E-state index in [1.165, 1.54) is 0 Å². The van der Waals surface area contributed by atoms with Gasteiger partial charge in [0.1, 0.15) is 12.4 Å². The van der Waals surface area contributed by atoms with Gasteiger partial charge in [0.25, 0.3) is 0 Å². The van der Waals surface area contributed by atoms with Crippen molar-refractivity contribution in [2.45, 2.75) is 13.2 Å². The van der Waals surface area contributed by atoms with Crippen LogP contribution in [0.15, 0.2) is 83.7 Å². The quantitative estimate of drug-likeness (QED) is 0.317. The maximum atomic E-state index is 11.5. The molecule has 0 atom stereocenters. The third kappa shape index (κ3) is 4.13. The van der Waals surface area contributed by atoms with Crippen LogP contribution in [0.25, 0.3) is 21.8 Å². The molecule has 5 rings (SSSR count). The Morgan fingerprint density at radius 2 is 1.74 bits per heavy atom. The van der Waals surface area contributed by atoms with Crippen LogP contribution in [0.1, 0.15) is 11.1 Å². The summed E-state index contributed by atoms with van der Waals surface area (Å²) in [5.41, 5.74) is 4.34. The van der Waals surface area contributed by atoms with E-state index in [0.29, 0.717) is 18.2 Å². The van der Waals surface area contributed by atoms with Crippen LogP contribution in [0, 0.1) is 0 Å². The fraction of sp³-hybridized carbons (Fsp3) is 0.0800. The minimum atomic E-state index is -0.210. The van der Waals surface area contributed by atoms with Gasteiger partial charge in [-0.1, -0.05) is 54.1 Å². The first-order chi connectivity index (χ1) is 15.2. The average molecular weight is 430 g/mol. The highest BCUT2D eigenvalue weighted by atomic mass is 35.5. The van der Waals surface area contributed by atoms with Crippen molar-refractivity contribution in [3.05, 3.63) is 105 Å². The molecule has 31 heavy (non-hydrogen) atoms. The van der Waals surface area contributed by atoms with Crippen LogP contribution in [-0.4, -0.2) is 9.97 Å². The highest BCUT2D eigenvalue weighted by Gasteiger charge is 2.10. The molecule has 5 nitrogen and oxygen atoms in total. The first kappa shape index (κ1) is 19.3. The lowest BCUT2D eigenvalue weighted by molar-refractivity contribution is 0.304. The van der Waals surface area contributed by atoms with Gasteiger partial charge in [0, 0.05) is 22.8 Å². The van der Waals surface area contributed by atoms with Gasteiger partial charge < -0.3 is 20.0 Å². The highest BCUT2D eigenvalue weighted by molar-refractivity contribution is 6.30. The van der Waals surface area contributed by atoms with Crippen LogP contribution in [0.3, 0.4) is 0 Å². The molecule has 0 radical (unpaired) electrons. The van der Waals surface area contributed by atoms with Gasteiger partial charge in [0.2, 0.25) is 0 Å². The normalized spacial score (nSPS) is 11.1. The van der Waals surface area contributed by atoms with Crippen LogP contribution in [-0.2, 0) is 13.2 Å². The molecule has 154 valence electrons. The molecule has 0 saturated carbocycles. The van der Waals surface area contributed by atoms with Crippen molar-refractivity contribution in [1.82, 2.24) is 9.97 Å². The van der Waals surface area contributed by atoms with Crippen molar-refractivity contribution in [3.63, 3.8) is 0 Å². The number of hydrogen-bond acceptors (Lipinski definition) is 3. The second-order valence-electron chi connectivity index (χ2n) is 7.38. The molecule has 0 aliphatic carbocycles. The average Bonchev–Trinajstić information content (AvgIpc) is 3.15. The molecule has 1 heterocycles. The van der Waals surface area contributed by atoms with Crippen molar-refractivity contribution in [2.24, 2.45) is 0 Å². The second kappa shape index (κ2) is 8.20. The van der Waals surface area contributed by atoms with E-state index >= 15 is 0 Å². The number of H-pyrrole nitrogens is 2. The van der Waals surface area contributed by atoms with Crippen molar-refractivity contribution < 1.29 is 4.74 Å². The lowest BCUT2D eigenvalue weighted by Crippen LogP contribution is -2.05. The summed E-state index contributed by atoms with van der Waals surface area (Å²) in [4.78, 5) is 17.1. The number of rotatable bonds is 6. The number of halogens is 1. The summed E-state index contributed by atoms with van der Waals surface area (Å²) in [5.74, 6) is 0.822. The van der Waals surface area contributed by atoms with Gasteiger partial charge in [-0.15, -0.1) is 0 Å². The highest BCUT2D eigenvalue weighted by Crippen LogP contribution is 2.30. The van der Waals surface area contributed by atoms with E-state index in [-0.39, 0.29) is 5.69 Å². The Morgan fingerprint density at radius 3 is 2.65 bits per heavy atom. The number of fused-ring (bicyclic) bond motifs is 2. The van der Waals surface area contributed by atoms with Crippen molar-refractivity contribution in [1.29, 1.82) is 0 Å². The monoisotopic (exact) mass is 429 g/mol. The van der Waals surface area contributed by atoms with Crippen molar-refractivity contribution >= 4 is 39.1 Å². The fourth-order valence-corrected chi connectivity index (χ4v) is 3.97. The lowest BCUT2D eigenvalue weighted by atomic mass is 10.0. The zero-order valence-electron chi connectivity index (χ0n) is 16.6. The SMILES string of the molecule is O=c1[nH]c2ccc(NCc3c(OCc4cccc(Cl)c4)ccc4ccccc34)cc2[nH]1. The summed E-state index contributed by atoms with van der Waals surface area (Å²) in [6, 6.07) is 25.8. The molecular weight excluding hydrogens is 410 g/mol. The van der Waals surface area contributed by atoms with Gasteiger partial charge >= 0.3 is 5.69 Å². The van der Waals surface area contributed by atoms with Crippen LogP contribution in [0.5, 0.6) is 5.75 Å². The minimum absolute atomic E-state index is 0.210. The number of benzene rings is 4. The van der Waals surface area contributed by atoms with E-state index in [1.54, 1.807) is 0 Å². The number of imidazole rings is 1. The Hall–Kier alpha value is -3.70. The maximum absolute atomic E-state index is 11.5. The summed E-state index contributed by atoms with van der Waals surface area (Å²) in [7, 11) is 0. The Labute approximate surface area is 183 Å². The third-order valence-corrected chi connectivity index (χ3v) is 5.50. The van der Waals surface area contributed by atoms with Gasteiger partial charge in [-0.3, -0.25) is 0 Å². The van der Waals surface area contributed by atoms with Crippen LogP contribution >= 0.6 is 11.6 Å². The summed E-state index contributed by atoms with van der Waals surface area (Å²) in [6.07, 6.45) is 0. The summed E-state index contributed by atoms with van der Waals surface area (Å²) in [6.45, 7) is 1.01. The molecule has 3 N–H and O–H groups in total. The zero-order chi connectivity index (χ0) is 21.2. The molecule has 0 bridgehead atoms. The molecular formula is C25H20ClN3O2. The van der Waals surface area contributed by atoms with E-state index < -0.39 is 0 Å². The second-order valence-corrected chi connectivity index (χ2v) is 7.81. The topological polar surface area (TPSA) is 69.9 Å². The van der Waals surface area contributed by atoms with Crippen LogP contribution in [0.2, 0.25) is 5.02 Å². The number of hydrogen-bond donors (Lipinski definition) is 3. The molecule has 4 aromatic carbocycles. The molecule has 0 fully saturated rings. The summed E-state index contributed by atoms with van der Waals surface area (Å²) >= 11 is 6.11. The lowest BCUT2D eigenvalue weighted by Gasteiger charge is -2.16. The Balaban J connectivity index is 1.44. The van der Waals surface area contributed by atoms with Gasteiger partial charge in [0.15, 0.2) is 0 Å². The largest absolute Gasteiger partial charge is 0.489 e. The third-order valence-electron chi connectivity index (χ3n) is 5.27. The van der Waals surface area contributed by atoms with E-state index in [2.05, 4.69) is 33.5 Å². The van der Waals surface area contributed by atoms with Gasteiger partial charge in [-0.25, -0.2) is 4.79 Å². The number of aromatic nitrogens is 2. The molecule has 0 saturated heterocycles. The molecule has 6 heteroatoms. The molecule has 0 aliphatic rings. The van der Waals surface area contributed by atoms with Crippen LogP contribution in [0.4, 0.5) is 5.69 Å². The molecule has 0 spiro atoms. The van der Waals surface area contributed by atoms with E-state index in [9.17, 15) is 4.79 Å². The number of nitrogens with one attached hydrogen (secondary N) is 3. The van der Waals surface area contributed by atoms with Crippen molar-refractivity contribution in [2.75, 3.05) is 5.32 Å². The number of anilines is 1. The molecule has 0 aliphatic heterocycles. The molecule has 5 aromatic rings. The first-order valence-electron chi connectivity index (χ1n) is 9.99. The van der Waals surface area contributed by atoms with E-state index in [4.69, 9.17) is 16.3 Å². The maximum Gasteiger partial charge on any atom is 0.323 e. The molecule has 0 unspecified atom stereocenters. The first-order valence-corrected chi connectivity index (χ1v) is 10.4. The molecule has 1 aromatic heterocycles. The zero-order valence-corrected chi connectivity index (χ0v) is 17.4. The van der Waals surface area contributed by atoms with E-state index in [0.717, 1.165) is 44.4 Å². The van der Waals surface area contributed by atoms with E-state index in [1.807, 2.05) is 60.7 Å². The Morgan fingerprint density at radius 1 is 0.871 bits per heavy atom. The van der Waals surface area contributed by atoms with Gasteiger partial charge in [0.05, 0.1) is 11.0 Å². The van der Waals surface area contributed by atoms with Crippen LogP contribution < -0.4 is 15.7 Å². The standard InChI is InChI=1S/C25H20ClN3O2/c26-18-6-3-4-16(12-18)15-31-24-11-8-17-5-1-2-7-20(17)21(24)14-27-19-9-10-22-23(13-19)29-25(30)28-22/h1-13,27H,14-15H2,(H2,28,29,30). The van der Waals surface area contributed by atoms with Gasteiger partial charge in [-0.2, -0.15) is 0 Å².